The van der Waals surface area contributed by atoms with Gasteiger partial charge >= 0.3 is 0 Å². The van der Waals surface area contributed by atoms with Crippen LogP contribution in [0, 0.1) is 10.1 Å². The van der Waals surface area contributed by atoms with Crippen molar-refractivity contribution in [2.75, 3.05) is 0 Å². The summed E-state index contributed by atoms with van der Waals surface area (Å²) in [7, 11) is 0. The van der Waals surface area contributed by atoms with E-state index in [0.29, 0.717) is 5.69 Å². The Morgan fingerprint density at radius 3 is 2.32 bits per heavy atom. The Bertz CT molecular complexity index is 655. The van der Waals surface area contributed by atoms with Gasteiger partial charge in [0.2, 0.25) is 0 Å². The lowest BCUT2D eigenvalue weighted by atomic mass is 10.2. The van der Waals surface area contributed by atoms with Crippen molar-refractivity contribution in [2.24, 2.45) is 10.2 Å². The van der Waals surface area contributed by atoms with Crippen LogP contribution in [-0.2, 0) is 5.75 Å². The second-order valence-electron chi connectivity index (χ2n) is 5.19. The Balaban J connectivity index is 1.96. The van der Waals surface area contributed by atoms with E-state index in [-0.39, 0.29) is 10.6 Å². The third kappa shape index (κ3) is 4.96. The third-order valence-electron chi connectivity index (χ3n) is 2.90. The molecule has 0 bridgehead atoms. The van der Waals surface area contributed by atoms with Gasteiger partial charge in [0.05, 0.1) is 10.6 Å². The van der Waals surface area contributed by atoms with Crippen LogP contribution < -0.4 is 0 Å². The first-order valence-corrected chi connectivity index (χ1v) is 7.80. The average Bonchev–Trinajstić information content (AvgIpc) is 2.53. The van der Waals surface area contributed by atoms with Crippen LogP contribution in [0.5, 0.6) is 0 Å². The van der Waals surface area contributed by atoms with Crippen molar-refractivity contribution in [1.82, 2.24) is 0 Å². The first-order chi connectivity index (χ1) is 10.5. The van der Waals surface area contributed by atoms with Crippen molar-refractivity contribution in [3.05, 3.63) is 70.3 Å². The minimum absolute atomic E-state index is 0.0525. The summed E-state index contributed by atoms with van der Waals surface area (Å²) >= 11 is 1.69. The lowest BCUT2D eigenvalue weighted by molar-refractivity contribution is -0.384. The van der Waals surface area contributed by atoms with Crippen molar-refractivity contribution in [1.29, 1.82) is 0 Å². The van der Waals surface area contributed by atoms with E-state index in [9.17, 15) is 10.1 Å². The van der Waals surface area contributed by atoms with E-state index in [0.717, 1.165) is 5.75 Å². The third-order valence-corrected chi connectivity index (χ3v) is 4.17. The molecule has 0 saturated heterocycles. The highest BCUT2D eigenvalue weighted by atomic mass is 32.2. The van der Waals surface area contributed by atoms with E-state index < -0.39 is 4.92 Å². The molecule has 5 nitrogen and oxygen atoms in total. The number of benzene rings is 2. The van der Waals surface area contributed by atoms with E-state index in [2.05, 4.69) is 22.4 Å². The zero-order chi connectivity index (χ0) is 16.0. The van der Waals surface area contributed by atoms with Crippen molar-refractivity contribution in [2.45, 2.75) is 24.5 Å². The van der Waals surface area contributed by atoms with Crippen LogP contribution in [0.1, 0.15) is 19.4 Å². The molecule has 0 saturated carbocycles. The summed E-state index contributed by atoms with van der Waals surface area (Å²) in [5.74, 6) is 0.854. The van der Waals surface area contributed by atoms with E-state index >= 15 is 0 Å². The summed E-state index contributed by atoms with van der Waals surface area (Å²) in [6, 6.07) is 16.2. The summed E-state index contributed by atoms with van der Waals surface area (Å²) in [4.78, 5) is 9.80. The number of azo groups is 1. The lowest BCUT2D eigenvalue weighted by Crippen LogP contribution is -2.09. The molecule has 6 heteroatoms. The van der Waals surface area contributed by atoms with Crippen molar-refractivity contribution in [3.8, 4) is 0 Å². The molecule has 0 heterocycles. The molecule has 114 valence electrons. The van der Waals surface area contributed by atoms with Gasteiger partial charge in [0, 0.05) is 17.9 Å². The van der Waals surface area contributed by atoms with Gasteiger partial charge in [0.15, 0.2) is 0 Å². The molecular weight excluding hydrogens is 298 g/mol. The average molecular weight is 315 g/mol. The highest BCUT2D eigenvalue weighted by molar-refractivity contribution is 7.99. The van der Waals surface area contributed by atoms with Gasteiger partial charge in [-0.25, -0.2) is 0 Å². The zero-order valence-corrected chi connectivity index (χ0v) is 13.3. The maximum Gasteiger partial charge on any atom is 0.269 e. The Hall–Kier alpha value is -2.21. The van der Waals surface area contributed by atoms with Crippen LogP contribution in [0.25, 0.3) is 0 Å². The fraction of sp³-hybridized carbons (Fsp3) is 0.250. The van der Waals surface area contributed by atoms with Gasteiger partial charge in [-0.15, -0.1) is 11.8 Å². The van der Waals surface area contributed by atoms with Crippen LogP contribution >= 0.6 is 11.8 Å². The number of nitro groups is 1. The summed E-state index contributed by atoms with van der Waals surface area (Å²) in [5, 5.41) is 19.1. The van der Waals surface area contributed by atoms with Gasteiger partial charge in [-0.05, 0) is 31.5 Å². The normalized spacial score (nSPS) is 11.7. The first kappa shape index (κ1) is 16.2. The Labute approximate surface area is 133 Å². The Morgan fingerprint density at radius 1 is 1.09 bits per heavy atom. The molecular formula is C16H17N3O2S. The van der Waals surface area contributed by atoms with Crippen molar-refractivity contribution >= 4 is 23.1 Å². The van der Waals surface area contributed by atoms with Crippen LogP contribution in [0.4, 0.5) is 11.4 Å². The molecule has 2 aromatic carbocycles. The van der Waals surface area contributed by atoms with E-state index in [1.54, 1.807) is 23.9 Å². The van der Waals surface area contributed by atoms with Gasteiger partial charge in [0.1, 0.15) is 4.87 Å². The molecule has 0 spiro atoms. The summed E-state index contributed by atoms with van der Waals surface area (Å²) in [5.41, 5.74) is 1.90. The minimum Gasteiger partial charge on any atom is -0.258 e. The smallest absolute Gasteiger partial charge is 0.258 e. The zero-order valence-electron chi connectivity index (χ0n) is 12.5. The molecule has 0 amide bonds. The summed E-state index contributed by atoms with van der Waals surface area (Å²) in [6.45, 7) is 3.99. The molecule has 0 fully saturated rings. The quantitative estimate of drug-likeness (QED) is 0.410. The predicted molar refractivity (Wildman–Crippen MR) is 89.4 cm³/mol. The van der Waals surface area contributed by atoms with Crippen LogP contribution in [0.15, 0.2) is 64.8 Å². The van der Waals surface area contributed by atoms with Gasteiger partial charge in [0.25, 0.3) is 5.69 Å². The number of rotatable bonds is 6. The Kier molecular flexibility index (Phi) is 5.27. The number of hydrogen-bond acceptors (Lipinski definition) is 5. The predicted octanol–water partition coefficient (Wildman–Crippen LogP) is 5.35. The lowest BCUT2D eigenvalue weighted by Gasteiger charge is -2.17. The van der Waals surface area contributed by atoms with Gasteiger partial charge in [-0.1, -0.05) is 30.3 Å². The molecule has 0 aliphatic heterocycles. The monoisotopic (exact) mass is 315 g/mol. The molecule has 22 heavy (non-hydrogen) atoms. The second-order valence-corrected chi connectivity index (χ2v) is 6.77. The topological polar surface area (TPSA) is 67.9 Å². The van der Waals surface area contributed by atoms with Gasteiger partial charge in [-0.3, -0.25) is 10.1 Å². The number of thioether (sulfide) groups is 1. The van der Waals surface area contributed by atoms with Gasteiger partial charge in [-0.2, -0.15) is 10.2 Å². The van der Waals surface area contributed by atoms with E-state index in [1.807, 2.05) is 32.0 Å². The molecule has 0 unspecified atom stereocenters. The molecule has 0 radical (unpaired) electrons. The SMILES string of the molecule is CC(C)(N=Nc1ccc([N+](=O)[O-])cc1)SCc1ccccc1. The second kappa shape index (κ2) is 7.17. The summed E-state index contributed by atoms with van der Waals surface area (Å²) < 4.78 is 0. The van der Waals surface area contributed by atoms with Crippen molar-refractivity contribution < 1.29 is 4.92 Å². The summed E-state index contributed by atoms with van der Waals surface area (Å²) in [6.07, 6.45) is 0. The Morgan fingerprint density at radius 2 is 1.73 bits per heavy atom. The molecule has 0 aliphatic carbocycles. The maximum absolute atomic E-state index is 10.6. The molecule has 2 rings (SSSR count). The number of nitrogens with zero attached hydrogens (tertiary/aromatic N) is 3. The molecule has 2 aromatic rings. The number of hydrogen-bond donors (Lipinski definition) is 0. The van der Waals surface area contributed by atoms with Gasteiger partial charge < -0.3 is 0 Å². The molecule has 0 N–H and O–H groups in total. The largest absolute Gasteiger partial charge is 0.269 e. The maximum atomic E-state index is 10.6. The standard InChI is InChI=1S/C16H17N3O2S/c1-16(2,22-12-13-6-4-3-5-7-13)18-17-14-8-10-15(11-9-14)19(20)21/h3-11H,12H2,1-2H3. The number of non-ortho nitro benzene ring substituents is 1. The molecule has 0 aliphatic rings. The fourth-order valence-electron chi connectivity index (χ4n) is 1.68. The van der Waals surface area contributed by atoms with Crippen LogP contribution in [0.2, 0.25) is 0 Å². The minimum atomic E-state index is -0.430. The molecule has 0 aromatic heterocycles. The number of nitro benzene ring substituents is 1. The fourth-order valence-corrected chi connectivity index (χ4v) is 2.49. The van der Waals surface area contributed by atoms with Crippen LogP contribution in [0.3, 0.4) is 0 Å². The molecule has 0 atom stereocenters. The first-order valence-electron chi connectivity index (χ1n) is 6.81. The van der Waals surface area contributed by atoms with E-state index in [1.165, 1.54) is 17.7 Å². The highest BCUT2D eigenvalue weighted by Crippen LogP contribution is 2.31. The highest BCUT2D eigenvalue weighted by Gasteiger charge is 2.17. The van der Waals surface area contributed by atoms with Crippen molar-refractivity contribution in [3.63, 3.8) is 0 Å². The van der Waals surface area contributed by atoms with Crippen LogP contribution in [-0.4, -0.2) is 9.79 Å². The van der Waals surface area contributed by atoms with E-state index in [4.69, 9.17) is 0 Å².